The largest absolute Gasteiger partial charge is 0.418 e. The van der Waals surface area contributed by atoms with Crippen molar-refractivity contribution in [3.63, 3.8) is 0 Å². The summed E-state index contributed by atoms with van der Waals surface area (Å²) in [5.41, 5.74) is -0.997. The van der Waals surface area contributed by atoms with Crippen LogP contribution in [0.15, 0.2) is 51.8 Å². The van der Waals surface area contributed by atoms with Crippen LogP contribution in [-0.2, 0) is 12.6 Å². The highest BCUT2D eigenvalue weighted by molar-refractivity contribution is 5.85. The van der Waals surface area contributed by atoms with Crippen LogP contribution in [0.2, 0.25) is 0 Å². The van der Waals surface area contributed by atoms with Gasteiger partial charge in [-0.1, -0.05) is 23.4 Å². The van der Waals surface area contributed by atoms with E-state index >= 15 is 0 Å². The molecule has 11 heteroatoms. The van der Waals surface area contributed by atoms with Gasteiger partial charge in [-0.15, -0.1) is 0 Å². The molecule has 0 saturated heterocycles. The average Bonchev–Trinajstić information content (AvgIpc) is 3.14. The van der Waals surface area contributed by atoms with E-state index in [1.807, 2.05) is 0 Å². The Morgan fingerprint density at radius 1 is 1.19 bits per heavy atom. The van der Waals surface area contributed by atoms with Crippen LogP contribution >= 0.6 is 0 Å². The normalized spacial score (nSPS) is 11.7. The molecule has 0 fully saturated rings. The van der Waals surface area contributed by atoms with E-state index in [4.69, 9.17) is 4.52 Å². The van der Waals surface area contributed by atoms with E-state index in [-0.39, 0.29) is 40.3 Å². The van der Waals surface area contributed by atoms with Crippen LogP contribution in [0.3, 0.4) is 0 Å². The van der Waals surface area contributed by atoms with Crippen molar-refractivity contribution < 1.29 is 22.6 Å². The minimum Gasteiger partial charge on any atom is -0.334 e. The van der Waals surface area contributed by atoms with Crippen molar-refractivity contribution in [3.05, 3.63) is 85.4 Å². The summed E-state index contributed by atoms with van der Waals surface area (Å²) in [7, 11) is 0. The SMILES string of the molecule is Cc1cc(Cc2noc(-c3cc4cccc(C(F)(F)F)c4[nH]c3=O)n2)ccc1[N+](=O)[O-]. The zero-order chi connectivity index (χ0) is 22.3. The number of aromatic amines is 1. The van der Waals surface area contributed by atoms with E-state index in [1.165, 1.54) is 24.3 Å². The lowest BCUT2D eigenvalue weighted by atomic mass is 10.1. The average molecular weight is 430 g/mol. The number of fused-ring (bicyclic) bond motifs is 1. The predicted octanol–water partition coefficient (Wildman–Crippen LogP) is 4.40. The number of nitrogens with zero attached hydrogens (tertiary/aromatic N) is 3. The third-order valence-corrected chi connectivity index (χ3v) is 4.70. The second kappa shape index (κ2) is 7.35. The van der Waals surface area contributed by atoms with Crippen molar-refractivity contribution in [2.45, 2.75) is 19.5 Å². The molecule has 0 spiro atoms. The number of aryl methyl sites for hydroxylation is 1. The van der Waals surface area contributed by atoms with Crippen LogP contribution in [0.25, 0.3) is 22.4 Å². The maximum atomic E-state index is 13.2. The summed E-state index contributed by atoms with van der Waals surface area (Å²) in [6.45, 7) is 1.60. The Labute approximate surface area is 171 Å². The summed E-state index contributed by atoms with van der Waals surface area (Å²) in [5.74, 6) is 0.0704. The summed E-state index contributed by atoms with van der Waals surface area (Å²) in [5, 5.41) is 14.9. The molecule has 8 nitrogen and oxygen atoms in total. The van der Waals surface area contributed by atoms with Gasteiger partial charge < -0.3 is 9.51 Å². The van der Waals surface area contributed by atoms with Crippen LogP contribution in [0.5, 0.6) is 0 Å². The van der Waals surface area contributed by atoms with Crippen LogP contribution < -0.4 is 5.56 Å². The molecule has 2 aromatic heterocycles. The number of H-pyrrole nitrogens is 1. The van der Waals surface area contributed by atoms with E-state index < -0.39 is 22.2 Å². The van der Waals surface area contributed by atoms with Gasteiger partial charge in [-0.25, -0.2) is 0 Å². The Balaban J connectivity index is 1.68. The number of alkyl halides is 3. The van der Waals surface area contributed by atoms with Gasteiger partial charge in [0.25, 0.3) is 17.1 Å². The lowest BCUT2D eigenvalue weighted by Gasteiger charge is -2.10. The van der Waals surface area contributed by atoms with Crippen LogP contribution in [0, 0.1) is 17.0 Å². The lowest BCUT2D eigenvalue weighted by Crippen LogP contribution is -2.13. The summed E-state index contributed by atoms with van der Waals surface area (Å²) in [4.78, 5) is 29.2. The van der Waals surface area contributed by atoms with Crippen LogP contribution in [-0.4, -0.2) is 20.0 Å². The van der Waals surface area contributed by atoms with Gasteiger partial charge >= 0.3 is 6.18 Å². The molecular weight excluding hydrogens is 417 g/mol. The molecule has 4 aromatic rings. The maximum absolute atomic E-state index is 13.2. The van der Waals surface area contributed by atoms with Crippen molar-refractivity contribution in [1.82, 2.24) is 15.1 Å². The number of nitrogens with one attached hydrogen (secondary N) is 1. The van der Waals surface area contributed by atoms with Gasteiger partial charge in [0.15, 0.2) is 5.82 Å². The molecule has 2 aromatic carbocycles. The number of nitro benzene ring substituents is 1. The highest BCUT2D eigenvalue weighted by Gasteiger charge is 2.33. The van der Waals surface area contributed by atoms with Gasteiger partial charge in [-0.05, 0) is 36.1 Å². The molecule has 1 N–H and O–H groups in total. The van der Waals surface area contributed by atoms with E-state index in [0.717, 1.165) is 6.07 Å². The first-order valence-corrected chi connectivity index (χ1v) is 8.93. The minimum absolute atomic E-state index is 0.0153. The summed E-state index contributed by atoms with van der Waals surface area (Å²) >= 11 is 0. The maximum Gasteiger partial charge on any atom is 0.418 e. The Hall–Kier alpha value is -4.02. The first kappa shape index (κ1) is 20.3. The highest BCUT2D eigenvalue weighted by atomic mass is 19.4. The Morgan fingerprint density at radius 3 is 2.65 bits per heavy atom. The fourth-order valence-electron chi connectivity index (χ4n) is 3.28. The molecule has 0 aliphatic rings. The molecule has 0 radical (unpaired) electrons. The molecule has 4 rings (SSSR count). The van der Waals surface area contributed by atoms with Gasteiger partial charge in [-0.3, -0.25) is 14.9 Å². The standard InChI is InChI=1S/C20H13F3N4O4/c1-10-7-11(5-6-15(10)27(29)30)8-16-24-19(31-26-16)13-9-12-3-2-4-14(20(21,22)23)17(12)25-18(13)28/h2-7,9H,8H2,1H3,(H,25,28). The Morgan fingerprint density at radius 2 is 1.97 bits per heavy atom. The third kappa shape index (κ3) is 3.89. The number of para-hydroxylation sites is 1. The van der Waals surface area contributed by atoms with E-state index in [9.17, 15) is 28.1 Å². The quantitative estimate of drug-likeness (QED) is 0.379. The Kier molecular flexibility index (Phi) is 4.80. The number of pyridine rings is 1. The first-order valence-electron chi connectivity index (χ1n) is 8.93. The minimum atomic E-state index is -4.62. The number of nitro groups is 1. The third-order valence-electron chi connectivity index (χ3n) is 4.70. The van der Waals surface area contributed by atoms with Gasteiger partial charge in [0.05, 0.1) is 16.0 Å². The van der Waals surface area contributed by atoms with Crippen LogP contribution in [0.1, 0.15) is 22.5 Å². The summed E-state index contributed by atoms with van der Waals surface area (Å²) in [6, 6.07) is 9.37. The first-order chi connectivity index (χ1) is 14.6. The molecule has 0 aliphatic heterocycles. The van der Waals surface area contributed by atoms with Gasteiger partial charge in [0.2, 0.25) is 0 Å². The Bertz CT molecular complexity index is 1380. The number of rotatable bonds is 4. The monoisotopic (exact) mass is 430 g/mol. The smallest absolute Gasteiger partial charge is 0.334 e. The molecular formula is C20H13F3N4O4. The second-order valence-electron chi connectivity index (χ2n) is 6.85. The summed E-state index contributed by atoms with van der Waals surface area (Å²) < 4.78 is 44.7. The van der Waals surface area contributed by atoms with Gasteiger partial charge in [-0.2, -0.15) is 18.2 Å². The van der Waals surface area contributed by atoms with Crippen molar-refractivity contribution in [2.75, 3.05) is 0 Å². The van der Waals surface area contributed by atoms with Crippen LogP contribution in [0.4, 0.5) is 18.9 Å². The number of aromatic nitrogens is 3. The molecule has 0 amide bonds. The molecule has 0 saturated carbocycles. The zero-order valence-electron chi connectivity index (χ0n) is 15.9. The van der Waals surface area contributed by atoms with Crippen molar-refractivity contribution in [2.24, 2.45) is 0 Å². The van der Waals surface area contributed by atoms with Crippen molar-refractivity contribution in [1.29, 1.82) is 0 Å². The van der Waals surface area contributed by atoms with Gasteiger partial charge in [0, 0.05) is 18.1 Å². The molecule has 2 heterocycles. The molecule has 31 heavy (non-hydrogen) atoms. The second-order valence-corrected chi connectivity index (χ2v) is 6.85. The summed E-state index contributed by atoms with van der Waals surface area (Å²) in [6.07, 6.45) is -4.43. The number of hydrogen-bond donors (Lipinski definition) is 1. The molecule has 0 bridgehead atoms. The fourth-order valence-corrected chi connectivity index (χ4v) is 3.28. The molecule has 0 unspecified atom stereocenters. The van der Waals surface area contributed by atoms with Crippen molar-refractivity contribution >= 4 is 16.6 Å². The molecule has 158 valence electrons. The van der Waals surface area contributed by atoms with E-state index in [2.05, 4.69) is 15.1 Å². The predicted molar refractivity (Wildman–Crippen MR) is 104 cm³/mol. The molecule has 0 aliphatic carbocycles. The fraction of sp³-hybridized carbons (Fsp3) is 0.150. The number of hydrogen-bond acceptors (Lipinski definition) is 6. The van der Waals surface area contributed by atoms with Crippen molar-refractivity contribution in [3.8, 4) is 11.5 Å². The number of halogens is 3. The molecule has 0 atom stereocenters. The van der Waals surface area contributed by atoms with E-state index in [1.54, 1.807) is 19.1 Å². The van der Waals surface area contributed by atoms with Gasteiger partial charge in [0.1, 0.15) is 5.56 Å². The topological polar surface area (TPSA) is 115 Å². The number of benzene rings is 2. The van der Waals surface area contributed by atoms with E-state index in [0.29, 0.717) is 11.1 Å². The zero-order valence-corrected chi connectivity index (χ0v) is 15.9. The lowest BCUT2D eigenvalue weighted by molar-refractivity contribution is -0.385. The highest BCUT2D eigenvalue weighted by Crippen LogP contribution is 2.34.